The molecule has 3 heterocycles. The molecule has 23 nitrogen and oxygen atoms in total. The van der Waals surface area contributed by atoms with E-state index in [0.29, 0.717) is 12.0 Å². The van der Waals surface area contributed by atoms with Gasteiger partial charge in [0.25, 0.3) is 5.91 Å². The fourth-order valence-electron chi connectivity index (χ4n) is 7.88. The summed E-state index contributed by atoms with van der Waals surface area (Å²) in [5, 5.41) is 28.2. The average molecular weight is 1100 g/mol. The van der Waals surface area contributed by atoms with Crippen LogP contribution in [0.15, 0.2) is 53.7 Å². The summed E-state index contributed by atoms with van der Waals surface area (Å²) in [6.07, 6.45) is -0.542. The predicted molar refractivity (Wildman–Crippen MR) is 279 cm³/mol. The van der Waals surface area contributed by atoms with Crippen LogP contribution in [0.2, 0.25) is 0 Å². The summed E-state index contributed by atoms with van der Waals surface area (Å²) in [6.45, 7) is -0.464. The number of ketones is 3. The number of aromatic nitrogens is 1. The number of carboxylic acids is 1. The lowest BCUT2D eigenvalue weighted by Crippen LogP contribution is -2.53. The molecule has 4 rings (SSSR count). The normalized spacial score (nSPS) is 23.4. The van der Waals surface area contributed by atoms with E-state index in [1.165, 1.54) is 13.1 Å². The fourth-order valence-corrected chi connectivity index (χ4v) is 11.1. The van der Waals surface area contributed by atoms with Crippen molar-refractivity contribution in [3.63, 3.8) is 0 Å². The summed E-state index contributed by atoms with van der Waals surface area (Å²) < 4.78 is 13.3. The molecule has 27 heteroatoms. The van der Waals surface area contributed by atoms with Crippen LogP contribution >= 0.6 is 33.3 Å². The molecule has 75 heavy (non-hydrogen) atoms. The molecule has 1 aromatic carbocycles. The number of nitrogens with zero attached hydrogens (tertiary/aromatic N) is 2. The van der Waals surface area contributed by atoms with Crippen LogP contribution in [0.25, 0.3) is 0 Å². The third-order valence-corrected chi connectivity index (χ3v) is 15.4. The molecule has 2 fully saturated rings. The molecule has 2 aliphatic heterocycles. The van der Waals surface area contributed by atoms with Crippen molar-refractivity contribution in [1.29, 1.82) is 0 Å². The van der Waals surface area contributed by atoms with Gasteiger partial charge < -0.3 is 53.8 Å². The van der Waals surface area contributed by atoms with E-state index in [0.717, 1.165) is 45.6 Å². The van der Waals surface area contributed by atoms with E-state index in [9.17, 15) is 62.2 Å². The molecule has 1 aromatic heterocycles. The topological polar surface area (TPSA) is 369 Å². The number of halogens is 1. The maximum atomic E-state index is 14.5. The Labute approximate surface area is 444 Å². The lowest BCUT2D eigenvalue weighted by atomic mass is 9.91. The Morgan fingerprint density at radius 3 is 2.08 bits per heavy atom. The predicted octanol–water partition coefficient (Wildman–Crippen LogP) is -0.439. The zero-order chi connectivity index (χ0) is 54.9. The highest BCUT2D eigenvalue weighted by molar-refractivity contribution is 8.76. The molecule has 0 aliphatic carbocycles. The summed E-state index contributed by atoms with van der Waals surface area (Å²) in [4.78, 5) is 157. The number of rotatable bonds is 15. The van der Waals surface area contributed by atoms with E-state index in [2.05, 4.69) is 47.2 Å². The Hall–Kier alpha value is -6.61. The van der Waals surface area contributed by atoms with Crippen LogP contribution in [0.1, 0.15) is 73.7 Å². The Kier molecular flexibility index (Phi) is 26.0. The number of unbranched alkanes of at least 4 members (excludes halogenated alkanes) is 1. The number of nitrogens with one attached hydrogen (secondary N) is 7. The molecule has 0 saturated carbocycles. The van der Waals surface area contributed by atoms with Crippen molar-refractivity contribution in [2.75, 3.05) is 49.7 Å². The van der Waals surface area contributed by atoms with Gasteiger partial charge in [-0.1, -0.05) is 51.9 Å². The van der Waals surface area contributed by atoms with Crippen molar-refractivity contribution in [2.24, 2.45) is 34.2 Å². The van der Waals surface area contributed by atoms with E-state index in [1.54, 1.807) is 30.3 Å². The Morgan fingerprint density at radius 2 is 1.44 bits per heavy atom. The van der Waals surface area contributed by atoms with Gasteiger partial charge in [-0.25, -0.2) is 4.98 Å². The van der Waals surface area contributed by atoms with E-state index >= 15 is 0 Å². The summed E-state index contributed by atoms with van der Waals surface area (Å²) in [5.74, 6) is -13.9. The quantitative estimate of drug-likeness (QED) is 0.0355. The maximum absolute atomic E-state index is 14.5. The zero-order valence-corrected chi connectivity index (χ0v) is 43.7. The second-order valence-corrected chi connectivity index (χ2v) is 21.3. The van der Waals surface area contributed by atoms with Crippen molar-refractivity contribution in [3.8, 4) is 0 Å². The standard InChI is InChI=1S/C48H64FN11O12S3/c1-52-46(71)36-23-73-26-40(64)57-33(11-5-6-14-53-43(68)29-12-13-39(49)55-21-29)47(72)59-35-25-75-74-24-34(38(63)19-30(44(69)60-36)16-27-8-3-2-4-9-27)58-45(70)31(20-41(65)66)17-32(61)22-56-42(67)28(18-37(35)62)10-7-15-54-48(50)51/h2-4,8-9,12-13,21,28,30-31,33-36H,5-7,10-11,14-20,22-26H2,1H3,(H,52,71)(H,53,68)(H,56,67)(H,57,64)(H,58,70)(H,59,72)(H,60,69)(H,65,66)(H4,50,51,54)/t28-,30-,31+,33+,34+,35+,36+/m1/s1. The number of pyridine rings is 1. The van der Waals surface area contributed by atoms with Crippen LogP contribution in [0.4, 0.5) is 4.39 Å². The lowest BCUT2D eigenvalue weighted by Gasteiger charge is -2.26. The van der Waals surface area contributed by atoms with Gasteiger partial charge in [-0.3, -0.25) is 57.7 Å². The zero-order valence-electron chi connectivity index (χ0n) is 41.3. The van der Waals surface area contributed by atoms with Crippen molar-refractivity contribution < 1.29 is 62.2 Å². The number of Topliss-reactive ketones (excluding diaryl/α,β-unsaturated/α-hetero) is 3. The molecule has 408 valence electrons. The van der Waals surface area contributed by atoms with E-state index in [-0.39, 0.29) is 79.7 Å². The number of aliphatic carboxylic acids is 1. The molecule has 2 aliphatic rings. The fraction of sp³-hybridized carbons (Fsp3) is 0.521. The van der Waals surface area contributed by atoms with Gasteiger partial charge in [0, 0.05) is 74.7 Å². The van der Waals surface area contributed by atoms with Crippen LogP contribution < -0.4 is 48.7 Å². The second kappa shape index (κ2) is 32.0. The highest BCUT2D eigenvalue weighted by Gasteiger charge is 2.35. The maximum Gasteiger partial charge on any atom is 0.304 e. The SMILES string of the molecule is CNC(=O)[C@@H]1CSCC(=O)N[C@@H](CCCCNC(=O)c2ccc(F)nc2)C(=O)N[C@H]2CSSC[C@H](NC(=O)[C@H](CC(=O)O)CC(=O)CNC(=O)[C@H](CCCN=C(N)N)CC2=O)C(=O)C[C@@H](Cc2ccccc2)C(=O)N1. The summed E-state index contributed by atoms with van der Waals surface area (Å²) in [5.41, 5.74) is 11.7. The summed E-state index contributed by atoms with van der Waals surface area (Å²) in [6, 6.07) is 5.78. The number of benzene rings is 1. The molecule has 2 bridgehead atoms. The first-order valence-corrected chi connectivity index (χ1v) is 27.8. The Balaban J connectivity index is 1.74. The minimum Gasteiger partial charge on any atom is -0.481 e. The number of hydrogen-bond donors (Lipinski definition) is 10. The lowest BCUT2D eigenvalue weighted by molar-refractivity contribution is -0.142. The van der Waals surface area contributed by atoms with E-state index < -0.39 is 145 Å². The molecule has 7 amide bonds. The monoisotopic (exact) mass is 1100 g/mol. The number of guanidine groups is 1. The first-order valence-electron chi connectivity index (χ1n) is 24.1. The highest BCUT2D eigenvalue weighted by Crippen LogP contribution is 2.27. The minimum atomic E-state index is -1.49. The van der Waals surface area contributed by atoms with Crippen molar-refractivity contribution >= 4 is 104 Å². The number of hydrogen-bond acceptors (Lipinski definition) is 16. The summed E-state index contributed by atoms with van der Waals surface area (Å²) in [7, 11) is 3.37. The van der Waals surface area contributed by atoms with Gasteiger partial charge in [0.15, 0.2) is 23.3 Å². The van der Waals surface area contributed by atoms with Crippen molar-refractivity contribution in [3.05, 3.63) is 65.7 Å². The van der Waals surface area contributed by atoms with Crippen molar-refractivity contribution in [1.82, 2.24) is 42.2 Å². The molecule has 12 N–H and O–H groups in total. The van der Waals surface area contributed by atoms with Gasteiger partial charge in [-0.05, 0) is 56.2 Å². The van der Waals surface area contributed by atoms with E-state index in [1.807, 2.05) is 0 Å². The number of amides is 7. The number of aliphatic imine (C=N–C) groups is 1. The number of carbonyl (C=O) groups excluding carboxylic acids is 10. The van der Waals surface area contributed by atoms with Gasteiger partial charge in [-0.2, -0.15) is 4.39 Å². The van der Waals surface area contributed by atoms with Crippen LogP contribution in [-0.2, 0) is 54.4 Å². The molecule has 2 saturated heterocycles. The van der Waals surface area contributed by atoms with Gasteiger partial charge in [0.2, 0.25) is 41.4 Å². The molecule has 0 spiro atoms. The van der Waals surface area contributed by atoms with Crippen LogP contribution in [0.5, 0.6) is 0 Å². The van der Waals surface area contributed by atoms with Gasteiger partial charge in [0.1, 0.15) is 12.1 Å². The number of nitrogens with two attached hydrogens (primary N) is 2. The average Bonchev–Trinajstić information content (AvgIpc) is 3.37. The third kappa shape index (κ3) is 22.0. The molecule has 0 unspecified atom stereocenters. The highest BCUT2D eigenvalue weighted by atomic mass is 33.1. The number of carbonyl (C=O) groups is 11. The Morgan fingerprint density at radius 1 is 0.773 bits per heavy atom. The smallest absolute Gasteiger partial charge is 0.304 e. The largest absolute Gasteiger partial charge is 0.481 e. The molecular weight excluding hydrogens is 1040 g/mol. The summed E-state index contributed by atoms with van der Waals surface area (Å²) >= 11 is 0.960. The van der Waals surface area contributed by atoms with Crippen LogP contribution in [0.3, 0.4) is 0 Å². The van der Waals surface area contributed by atoms with Gasteiger partial charge >= 0.3 is 5.97 Å². The third-order valence-electron chi connectivity index (χ3n) is 11.9. The van der Waals surface area contributed by atoms with Crippen LogP contribution in [0, 0.1) is 23.7 Å². The van der Waals surface area contributed by atoms with Gasteiger partial charge in [-0.15, -0.1) is 11.8 Å². The van der Waals surface area contributed by atoms with Gasteiger partial charge in [0.05, 0.1) is 42.3 Å². The Bertz CT molecular complexity index is 2380. The van der Waals surface area contributed by atoms with Crippen LogP contribution in [-0.4, -0.2) is 155 Å². The molecule has 2 aromatic rings. The van der Waals surface area contributed by atoms with Crippen molar-refractivity contribution in [2.45, 2.75) is 88.4 Å². The second-order valence-electron chi connectivity index (χ2n) is 17.8. The molecular formula is C48H64FN11O12S3. The van der Waals surface area contributed by atoms with E-state index in [4.69, 9.17) is 11.5 Å². The minimum absolute atomic E-state index is 0.00500. The number of carboxylic acid groups (broad SMARTS) is 1. The molecule has 0 radical (unpaired) electrons. The first kappa shape index (κ1) is 60.9. The number of likely N-dealkylation sites (N-methyl/N-ethyl adjacent to an activating group) is 1. The number of fused-ring (bicyclic) bond motifs is 5. The molecule has 7 atom stereocenters. The number of thioether (sulfide) groups is 1. The first-order chi connectivity index (χ1) is 35.8.